The number of rotatable bonds is 4. The lowest BCUT2D eigenvalue weighted by molar-refractivity contribution is 0.0838. The molecule has 0 N–H and O–H groups in total. The summed E-state index contributed by atoms with van der Waals surface area (Å²) in [5, 5.41) is -0.843. The third-order valence-corrected chi connectivity index (χ3v) is 3.80. The van der Waals surface area contributed by atoms with Gasteiger partial charge < -0.3 is 9.16 Å². The van der Waals surface area contributed by atoms with E-state index >= 15 is 0 Å². The molecule has 0 fully saturated rings. The van der Waals surface area contributed by atoms with Crippen molar-refractivity contribution in [2.24, 2.45) is 0 Å². The maximum Gasteiger partial charge on any atom is 0.317 e. The van der Waals surface area contributed by atoms with E-state index < -0.39 is 31.5 Å². The molecule has 0 radical (unpaired) electrons. The molecule has 0 atom stereocenters. The molecule has 24 heavy (non-hydrogen) atoms. The van der Waals surface area contributed by atoms with Crippen LogP contribution in [-0.4, -0.2) is 30.1 Å². The van der Waals surface area contributed by atoms with E-state index in [4.69, 9.17) is 4.43 Å². The fourth-order valence-electron chi connectivity index (χ4n) is 1.00. The first-order chi connectivity index (χ1) is 10.3. The number of ether oxygens (including phenoxy) is 1. The standard InChI is InChI=1S/C9H18F2OSSi.C6H10F2OS/c1-9(2,3)13-8(7(10)11)12-14(4,5)6;1-6(2,3)9-5(10)4(7)8/h1-6H3;4H,1-3H3. The summed E-state index contributed by atoms with van der Waals surface area (Å²) in [5.41, 5.74) is -0.618. The number of alkyl halides is 2. The van der Waals surface area contributed by atoms with E-state index in [1.54, 1.807) is 20.8 Å². The van der Waals surface area contributed by atoms with Crippen molar-refractivity contribution in [3.63, 3.8) is 0 Å². The van der Waals surface area contributed by atoms with Crippen LogP contribution < -0.4 is 0 Å². The van der Waals surface area contributed by atoms with Crippen molar-refractivity contribution < 1.29 is 26.7 Å². The van der Waals surface area contributed by atoms with Gasteiger partial charge in [-0.3, -0.25) is 0 Å². The second-order valence-corrected chi connectivity index (χ2v) is 14.4. The van der Waals surface area contributed by atoms with Gasteiger partial charge in [-0.15, -0.1) is 0 Å². The molecule has 0 aliphatic carbocycles. The van der Waals surface area contributed by atoms with Gasteiger partial charge in [-0.25, -0.2) is 8.78 Å². The Bertz CT molecular complexity index is 414. The third-order valence-electron chi connectivity index (χ3n) is 1.54. The Balaban J connectivity index is 0. The summed E-state index contributed by atoms with van der Waals surface area (Å²) >= 11 is 5.33. The van der Waals surface area contributed by atoms with Crippen LogP contribution in [0.15, 0.2) is 11.2 Å². The van der Waals surface area contributed by atoms with Crippen LogP contribution in [0.4, 0.5) is 17.6 Å². The number of thiocarbonyl (C=S) groups is 1. The molecule has 144 valence electrons. The van der Waals surface area contributed by atoms with E-state index in [0.717, 1.165) is 11.8 Å². The molecule has 0 heterocycles. The fraction of sp³-hybridized carbons (Fsp3) is 0.800. The van der Waals surface area contributed by atoms with E-state index in [2.05, 4.69) is 17.0 Å². The molecule has 9 heteroatoms. The lowest BCUT2D eigenvalue weighted by Gasteiger charge is -2.25. The van der Waals surface area contributed by atoms with E-state index in [1.807, 2.05) is 40.4 Å². The largest absolute Gasteiger partial charge is 0.536 e. The van der Waals surface area contributed by atoms with Gasteiger partial charge in [0.05, 0.1) is 0 Å². The maximum atomic E-state index is 12.5. The number of halogens is 4. The topological polar surface area (TPSA) is 18.5 Å². The second-order valence-electron chi connectivity index (χ2n) is 7.81. The third kappa shape index (κ3) is 18.1. The monoisotopic (exact) mass is 408 g/mol. The SMILES string of the molecule is CC(C)(C)OC(=S)C(F)F.CC(C)(C)SC(O[Si](C)(C)C)=C(F)F. The molecule has 0 rings (SSSR count). The van der Waals surface area contributed by atoms with Crippen molar-refractivity contribution in [3.8, 4) is 0 Å². The second kappa shape index (κ2) is 10.0. The molecular formula is C15H28F4O2S2Si. The van der Waals surface area contributed by atoms with Crippen LogP contribution in [0.5, 0.6) is 0 Å². The summed E-state index contributed by atoms with van der Waals surface area (Å²) in [6.07, 6.45) is -4.37. The molecule has 2 nitrogen and oxygen atoms in total. The summed E-state index contributed by atoms with van der Waals surface area (Å²) in [4.78, 5) is 0. The highest BCUT2D eigenvalue weighted by molar-refractivity contribution is 8.04. The normalized spacial score (nSPS) is 12.2. The molecule has 0 amide bonds. The zero-order chi connectivity index (χ0) is 19.9. The van der Waals surface area contributed by atoms with Crippen LogP contribution >= 0.6 is 24.0 Å². The van der Waals surface area contributed by atoms with Crippen molar-refractivity contribution in [1.82, 2.24) is 0 Å². The van der Waals surface area contributed by atoms with Gasteiger partial charge in [0, 0.05) is 4.75 Å². The number of thioether (sulfide) groups is 1. The molecule has 0 aromatic heterocycles. The molecule has 0 aromatic rings. The Morgan fingerprint density at radius 1 is 1.00 bits per heavy atom. The lowest BCUT2D eigenvalue weighted by atomic mass is 10.2. The summed E-state index contributed by atoms with van der Waals surface area (Å²) in [6, 6.07) is 0. The first-order valence-corrected chi connectivity index (χ1v) is 11.9. The average Bonchev–Trinajstić information content (AvgIpc) is 2.22. The highest BCUT2D eigenvalue weighted by Crippen LogP contribution is 2.36. The van der Waals surface area contributed by atoms with E-state index in [0.29, 0.717) is 0 Å². The van der Waals surface area contributed by atoms with Crippen LogP contribution in [0, 0.1) is 0 Å². The lowest BCUT2D eigenvalue weighted by Crippen LogP contribution is -2.26. The Hall–Kier alpha value is -0.283. The van der Waals surface area contributed by atoms with E-state index in [1.165, 1.54) is 0 Å². The Morgan fingerprint density at radius 2 is 1.42 bits per heavy atom. The predicted molar refractivity (Wildman–Crippen MR) is 100 cm³/mol. The van der Waals surface area contributed by atoms with Crippen molar-refractivity contribution in [1.29, 1.82) is 0 Å². The molecule has 0 aliphatic rings. The van der Waals surface area contributed by atoms with Gasteiger partial charge in [-0.1, -0.05) is 32.5 Å². The van der Waals surface area contributed by atoms with Crippen LogP contribution in [0.1, 0.15) is 41.5 Å². The van der Waals surface area contributed by atoms with Crippen molar-refractivity contribution in [3.05, 3.63) is 11.2 Å². The molecule has 0 bridgehead atoms. The summed E-state index contributed by atoms with van der Waals surface area (Å²) < 4.78 is 58.2. The maximum absolute atomic E-state index is 12.5. The molecule has 0 spiro atoms. The molecule has 0 saturated carbocycles. The van der Waals surface area contributed by atoms with Gasteiger partial charge in [0.15, 0.2) is 0 Å². The zero-order valence-corrected chi connectivity index (χ0v) is 18.4. The molecule has 0 aliphatic heterocycles. The van der Waals surface area contributed by atoms with Crippen molar-refractivity contribution in [2.45, 2.75) is 78.0 Å². The zero-order valence-electron chi connectivity index (χ0n) is 15.7. The summed E-state index contributed by atoms with van der Waals surface area (Å²) in [6.45, 7) is 16.3. The summed E-state index contributed by atoms with van der Waals surface area (Å²) in [5.74, 6) is 0. The highest BCUT2D eigenvalue weighted by Gasteiger charge is 2.25. The van der Waals surface area contributed by atoms with Gasteiger partial charge in [-0.05, 0) is 52.6 Å². The minimum Gasteiger partial charge on any atom is -0.536 e. The van der Waals surface area contributed by atoms with Crippen molar-refractivity contribution in [2.75, 3.05) is 0 Å². The molecule has 0 saturated heterocycles. The van der Waals surface area contributed by atoms with Crippen LogP contribution in [-0.2, 0) is 9.16 Å². The van der Waals surface area contributed by atoms with Crippen LogP contribution in [0.3, 0.4) is 0 Å². The van der Waals surface area contributed by atoms with Gasteiger partial charge in [0.2, 0.25) is 18.5 Å². The first-order valence-electron chi connectivity index (χ1n) is 7.28. The number of hydrogen-bond acceptors (Lipinski definition) is 4. The van der Waals surface area contributed by atoms with Crippen molar-refractivity contribution >= 4 is 37.3 Å². The van der Waals surface area contributed by atoms with E-state index in [-0.39, 0.29) is 9.84 Å². The quantitative estimate of drug-likeness (QED) is 0.219. The average molecular weight is 409 g/mol. The van der Waals surface area contributed by atoms with Gasteiger partial charge in [0.1, 0.15) is 5.60 Å². The van der Waals surface area contributed by atoms with Gasteiger partial charge in [-0.2, -0.15) is 8.78 Å². The minimum atomic E-state index is -2.66. The predicted octanol–water partition coefficient (Wildman–Crippen LogP) is 6.83. The van der Waals surface area contributed by atoms with Gasteiger partial charge >= 0.3 is 12.5 Å². The molecule has 0 aromatic carbocycles. The van der Waals surface area contributed by atoms with Crippen LogP contribution in [0.25, 0.3) is 0 Å². The number of hydrogen-bond donors (Lipinski definition) is 0. The minimum absolute atomic E-state index is 0.211. The molecule has 0 unspecified atom stereocenters. The highest BCUT2D eigenvalue weighted by atomic mass is 32.2. The molecular weight excluding hydrogens is 380 g/mol. The van der Waals surface area contributed by atoms with E-state index in [9.17, 15) is 17.6 Å². The Kier molecular flexibility index (Phi) is 10.8. The van der Waals surface area contributed by atoms with Gasteiger partial charge in [0.25, 0.3) is 0 Å². The Labute approximate surface area is 153 Å². The first kappa shape index (κ1) is 26.0. The smallest absolute Gasteiger partial charge is 0.317 e. The van der Waals surface area contributed by atoms with Crippen LogP contribution in [0.2, 0.25) is 19.6 Å². The fourth-order valence-corrected chi connectivity index (χ4v) is 3.43. The summed E-state index contributed by atoms with van der Waals surface area (Å²) in [7, 11) is -1.94. The Morgan fingerprint density at radius 3 is 1.58 bits per heavy atom.